The predicted octanol–water partition coefficient (Wildman–Crippen LogP) is 19.6. The van der Waals surface area contributed by atoms with Gasteiger partial charge in [-0.05, 0) is 83.5 Å². The van der Waals surface area contributed by atoms with Crippen LogP contribution in [0.2, 0.25) is 0 Å². The summed E-state index contributed by atoms with van der Waals surface area (Å²) in [7, 11) is 0. The summed E-state index contributed by atoms with van der Waals surface area (Å²) in [6.07, 6.45) is 87.7. The summed E-state index contributed by atoms with van der Waals surface area (Å²) in [6, 6.07) is -0.829. The van der Waals surface area contributed by atoms with E-state index in [9.17, 15) is 30.3 Å². The van der Waals surface area contributed by atoms with E-state index in [1.54, 1.807) is 6.08 Å². The largest absolute Gasteiger partial charge is 0.394 e. The molecule has 1 amide bonds. The van der Waals surface area contributed by atoms with E-state index in [1.807, 2.05) is 6.08 Å². The molecule has 0 aromatic carbocycles. The van der Waals surface area contributed by atoms with Gasteiger partial charge in [-0.1, -0.05) is 329 Å². The van der Waals surface area contributed by atoms with Gasteiger partial charge in [-0.2, -0.15) is 0 Å². The van der Waals surface area contributed by atoms with Crippen LogP contribution < -0.4 is 5.32 Å². The van der Waals surface area contributed by atoms with Crippen molar-refractivity contribution in [1.82, 2.24) is 5.32 Å². The molecule has 7 atom stereocenters. The number of amides is 1. The molecule has 0 radical (unpaired) electrons. The monoisotopic (exact) mass is 1190 g/mol. The van der Waals surface area contributed by atoms with Crippen molar-refractivity contribution < 1.29 is 39.8 Å². The highest BCUT2D eigenvalue weighted by Gasteiger charge is 2.44. The van der Waals surface area contributed by atoms with Gasteiger partial charge in [0.15, 0.2) is 6.29 Å². The fourth-order valence-electron chi connectivity index (χ4n) is 10.8. The van der Waals surface area contributed by atoms with Gasteiger partial charge in [0.25, 0.3) is 0 Å². The number of rotatable bonds is 61. The standard InChI is InChI=1S/C76H133NO8/c1-3-5-7-9-11-13-15-17-19-21-23-25-27-29-31-33-34-35-36-38-39-41-43-45-47-49-51-53-55-57-59-61-63-65-70(79)69(68-84-76-75(83)74(82)73(81)71(67-78)85-76)77-72(80)66-64-62-60-58-56-54-52-50-48-46-44-42-40-37-32-30-28-26-24-22-20-18-16-14-12-10-8-6-4-2/h6,8,12,14,18,20,24,26,30,32,40,42,46,48,52,54,63,65,69-71,73-76,78-79,81-83H,3-5,7,9-11,13,15-17,19,21-23,25,27-29,31,33-39,41,43-45,47,49-51,53,55-62,64,66-68H2,1-2H3,(H,77,80)/b8-6-,14-12-,20-18-,26-24-,32-30-,42-40-,48-46-,54-52-,65-63+. The molecular weight excluding hydrogens is 1050 g/mol. The number of aliphatic hydroxyl groups excluding tert-OH is 5. The van der Waals surface area contributed by atoms with Crippen LogP contribution >= 0.6 is 0 Å². The molecule has 0 aromatic heterocycles. The third kappa shape index (κ3) is 52.5. The van der Waals surface area contributed by atoms with Gasteiger partial charge >= 0.3 is 0 Å². The van der Waals surface area contributed by atoms with Crippen LogP contribution in [0.15, 0.2) is 109 Å². The van der Waals surface area contributed by atoms with E-state index in [2.05, 4.69) is 116 Å². The van der Waals surface area contributed by atoms with Gasteiger partial charge in [0.05, 0.1) is 25.4 Å². The summed E-state index contributed by atoms with van der Waals surface area (Å²) >= 11 is 0. The highest BCUT2D eigenvalue weighted by molar-refractivity contribution is 5.76. The van der Waals surface area contributed by atoms with E-state index in [-0.39, 0.29) is 12.5 Å². The lowest BCUT2D eigenvalue weighted by Crippen LogP contribution is -2.60. The number of unbranched alkanes of at least 4 members (excludes halogenated alkanes) is 35. The molecule has 490 valence electrons. The molecule has 7 unspecified atom stereocenters. The van der Waals surface area contributed by atoms with Crippen molar-refractivity contribution in [2.75, 3.05) is 13.2 Å². The zero-order chi connectivity index (χ0) is 61.4. The topological polar surface area (TPSA) is 149 Å². The van der Waals surface area contributed by atoms with Gasteiger partial charge in [0.2, 0.25) is 5.91 Å². The molecule has 9 nitrogen and oxygen atoms in total. The highest BCUT2D eigenvalue weighted by Crippen LogP contribution is 2.23. The first kappa shape index (κ1) is 79.9. The van der Waals surface area contributed by atoms with Gasteiger partial charge in [-0.15, -0.1) is 0 Å². The van der Waals surface area contributed by atoms with Crippen LogP contribution in [0.25, 0.3) is 0 Å². The molecule has 1 aliphatic heterocycles. The van der Waals surface area contributed by atoms with Gasteiger partial charge in [0.1, 0.15) is 24.4 Å². The van der Waals surface area contributed by atoms with Crippen LogP contribution in [0.5, 0.6) is 0 Å². The smallest absolute Gasteiger partial charge is 0.220 e. The third-order valence-corrected chi connectivity index (χ3v) is 16.4. The number of ether oxygens (including phenoxy) is 2. The first-order valence-electron chi connectivity index (χ1n) is 35.6. The Morgan fingerprint density at radius 3 is 1.08 bits per heavy atom. The lowest BCUT2D eigenvalue weighted by Gasteiger charge is -2.40. The van der Waals surface area contributed by atoms with E-state index in [4.69, 9.17) is 9.47 Å². The minimum atomic E-state index is -1.58. The average Bonchev–Trinajstić information content (AvgIpc) is 3.56. The number of hydrogen-bond acceptors (Lipinski definition) is 8. The lowest BCUT2D eigenvalue weighted by atomic mass is 9.99. The first-order valence-corrected chi connectivity index (χ1v) is 35.6. The zero-order valence-corrected chi connectivity index (χ0v) is 54.8. The van der Waals surface area contributed by atoms with E-state index < -0.39 is 49.5 Å². The Balaban J connectivity index is 2.17. The number of hydrogen-bond donors (Lipinski definition) is 6. The van der Waals surface area contributed by atoms with Crippen molar-refractivity contribution in [3.8, 4) is 0 Å². The van der Waals surface area contributed by atoms with Crippen LogP contribution in [0.4, 0.5) is 0 Å². The number of carbonyl (C=O) groups excluding carboxylic acids is 1. The molecular formula is C76H133NO8. The highest BCUT2D eigenvalue weighted by atomic mass is 16.7. The second-order valence-corrected chi connectivity index (χ2v) is 24.3. The van der Waals surface area contributed by atoms with Crippen LogP contribution in [-0.4, -0.2) is 87.5 Å². The Labute approximate surface area is 523 Å². The Hall–Kier alpha value is -3.15. The van der Waals surface area contributed by atoms with Crippen LogP contribution in [0.3, 0.4) is 0 Å². The van der Waals surface area contributed by atoms with Crippen LogP contribution in [-0.2, 0) is 14.3 Å². The summed E-state index contributed by atoms with van der Waals surface area (Å²) < 4.78 is 11.3. The van der Waals surface area contributed by atoms with E-state index in [1.165, 1.54) is 186 Å². The first-order chi connectivity index (χ1) is 41.8. The molecule has 0 spiro atoms. The molecule has 9 heteroatoms. The number of nitrogens with one attached hydrogen (secondary N) is 1. The second kappa shape index (κ2) is 63.9. The van der Waals surface area contributed by atoms with E-state index >= 15 is 0 Å². The lowest BCUT2D eigenvalue weighted by molar-refractivity contribution is -0.302. The normalized spacial score (nSPS) is 18.8. The van der Waals surface area contributed by atoms with Gasteiger partial charge in [-0.25, -0.2) is 0 Å². The van der Waals surface area contributed by atoms with Crippen molar-refractivity contribution in [3.63, 3.8) is 0 Å². The van der Waals surface area contributed by atoms with E-state index in [0.29, 0.717) is 6.42 Å². The minimum Gasteiger partial charge on any atom is -0.394 e. The number of aliphatic hydroxyl groups is 5. The molecule has 0 aliphatic carbocycles. The molecule has 0 bridgehead atoms. The average molecular weight is 1190 g/mol. The maximum absolute atomic E-state index is 13.1. The van der Waals surface area contributed by atoms with Crippen molar-refractivity contribution in [2.45, 2.75) is 352 Å². The molecule has 1 rings (SSSR count). The molecule has 6 N–H and O–H groups in total. The molecule has 1 saturated heterocycles. The summed E-state index contributed by atoms with van der Waals surface area (Å²) in [4.78, 5) is 13.1. The Morgan fingerprint density at radius 1 is 0.412 bits per heavy atom. The maximum atomic E-state index is 13.1. The fourth-order valence-corrected chi connectivity index (χ4v) is 10.8. The molecule has 1 fully saturated rings. The molecule has 0 aromatic rings. The summed E-state index contributed by atoms with van der Waals surface area (Å²) in [6.45, 7) is 3.68. The molecule has 1 aliphatic rings. The van der Waals surface area contributed by atoms with Crippen molar-refractivity contribution >= 4 is 5.91 Å². The Morgan fingerprint density at radius 2 is 0.729 bits per heavy atom. The summed E-state index contributed by atoms with van der Waals surface area (Å²) in [5.74, 6) is -0.202. The Bertz CT molecular complexity index is 1710. The van der Waals surface area contributed by atoms with E-state index in [0.717, 1.165) is 103 Å². The second-order valence-electron chi connectivity index (χ2n) is 24.3. The predicted molar refractivity (Wildman–Crippen MR) is 364 cm³/mol. The SMILES string of the molecule is CC/C=C\C/C=C\C/C=C\C/C=C\C/C=C\C/C=C\C/C=C\C/C=C\CCCCCCC(=O)NC(COC1OC(CO)C(O)C(O)C1O)C(O)/C=C/CCCCCCCCCCCCCCCCCCCCCCCCCCCCCCCCC. The number of allylic oxidation sites excluding steroid dienone is 17. The summed E-state index contributed by atoms with van der Waals surface area (Å²) in [5.41, 5.74) is 0. The fraction of sp³-hybridized carbons (Fsp3) is 0.750. The number of carbonyl (C=O) groups is 1. The maximum Gasteiger partial charge on any atom is 0.220 e. The molecule has 85 heavy (non-hydrogen) atoms. The van der Waals surface area contributed by atoms with Crippen molar-refractivity contribution in [3.05, 3.63) is 109 Å². The van der Waals surface area contributed by atoms with Crippen molar-refractivity contribution in [1.29, 1.82) is 0 Å². The molecule has 0 saturated carbocycles. The van der Waals surface area contributed by atoms with Crippen LogP contribution in [0.1, 0.15) is 309 Å². The summed E-state index contributed by atoms with van der Waals surface area (Å²) in [5, 5.41) is 54.8. The van der Waals surface area contributed by atoms with Crippen LogP contribution in [0, 0.1) is 0 Å². The Kier molecular flexibility index (Phi) is 60.0. The zero-order valence-electron chi connectivity index (χ0n) is 54.8. The third-order valence-electron chi connectivity index (χ3n) is 16.4. The van der Waals surface area contributed by atoms with Gasteiger partial charge < -0.3 is 40.3 Å². The van der Waals surface area contributed by atoms with Gasteiger partial charge in [-0.3, -0.25) is 4.79 Å². The quantitative estimate of drug-likeness (QED) is 0.0261. The van der Waals surface area contributed by atoms with Gasteiger partial charge in [0, 0.05) is 6.42 Å². The van der Waals surface area contributed by atoms with Crippen molar-refractivity contribution in [2.24, 2.45) is 0 Å². The molecule has 1 heterocycles. The minimum absolute atomic E-state index is 0.202.